The minimum absolute atomic E-state index is 0. The quantitative estimate of drug-likeness (QED) is 0.138. The average molecular weight is 511 g/mol. The van der Waals surface area contributed by atoms with Crippen molar-refractivity contribution in [3.63, 3.8) is 0 Å². The fraction of sp³-hybridized carbons (Fsp3) is 0.364. The topological polar surface area (TPSA) is 6.48 Å². The maximum atomic E-state index is 3.86. The molecule has 0 fully saturated rings. The largest absolute Gasteiger partial charge is 2.00 e. The Bertz CT molecular complexity index is 573. The molecule has 2 aromatic rings. The summed E-state index contributed by atoms with van der Waals surface area (Å²) in [6.07, 6.45) is 0. The second-order valence-electron chi connectivity index (χ2n) is 5.83. The third kappa shape index (κ3) is 13.1. The molecule has 29 heavy (non-hydrogen) atoms. The van der Waals surface area contributed by atoms with E-state index < -0.39 is 0 Å². The van der Waals surface area contributed by atoms with Gasteiger partial charge in [0.2, 0.25) is 0 Å². The summed E-state index contributed by atoms with van der Waals surface area (Å²) >= 11 is 0. The molecule has 0 N–H and O–H groups in total. The smallest absolute Gasteiger partial charge is 0.242 e. The number of hydrogen-bond donors (Lipinski definition) is 0. The van der Waals surface area contributed by atoms with E-state index in [0.29, 0.717) is 0 Å². The van der Waals surface area contributed by atoms with E-state index in [9.17, 15) is 0 Å². The van der Waals surface area contributed by atoms with Gasteiger partial charge in [0.25, 0.3) is 0 Å². The monoisotopic (exact) mass is 510 g/mol. The summed E-state index contributed by atoms with van der Waals surface area (Å²) in [5.41, 5.74) is 2.14. The maximum Gasteiger partial charge on any atom is 2.00 e. The average Bonchev–Trinajstić information content (AvgIpc) is 2.72. The normalized spacial score (nSPS) is 10.4. The van der Waals surface area contributed by atoms with Crippen LogP contribution in [0, 0.1) is 13.8 Å². The summed E-state index contributed by atoms with van der Waals surface area (Å²) in [5, 5.41) is 0. The SMILES string of the molecule is [CH2-]c1ccc(SSN(CC)CC)cc1.[CH2-]c1ccc(SSN(CC)CC)cc1.[Ni+2]. The molecule has 2 nitrogen and oxygen atoms in total. The predicted octanol–water partition coefficient (Wildman–Crippen LogP) is 7.73. The molecule has 2 aromatic carbocycles. The Labute approximate surface area is 204 Å². The summed E-state index contributed by atoms with van der Waals surface area (Å²) in [6.45, 7) is 20.8. The van der Waals surface area contributed by atoms with Gasteiger partial charge in [-0.05, 0) is 53.3 Å². The van der Waals surface area contributed by atoms with Gasteiger partial charge in [0, 0.05) is 26.2 Å². The Morgan fingerprint density at radius 1 is 0.586 bits per heavy atom. The van der Waals surface area contributed by atoms with Gasteiger partial charge in [-0.25, -0.2) is 8.61 Å². The van der Waals surface area contributed by atoms with E-state index in [0.717, 1.165) is 37.3 Å². The van der Waals surface area contributed by atoms with Crippen molar-refractivity contribution < 1.29 is 16.5 Å². The molecule has 0 aliphatic rings. The van der Waals surface area contributed by atoms with Gasteiger partial charge >= 0.3 is 16.5 Å². The zero-order chi connectivity index (χ0) is 20.8. The first-order valence-corrected chi connectivity index (χ1v) is 13.8. The Hall–Kier alpha value is -0.00649. The van der Waals surface area contributed by atoms with E-state index in [4.69, 9.17) is 0 Å². The number of benzene rings is 2. The summed E-state index contributed by atoms with van der Waals surface area (Å²) in [4.78, 5) is 2.57. The van der Waals surface area contributed by atoms with Crippen molar-refractivity contribution in [2.24, 2.45) is 0 Å². The third-order valence-electron chi connectivity index (χ3n) is 3.74. The molecule has 0 aromatic heterocycles. The molecule has 0 amide bonds. The number of nitrogens with zero attached hydrogens (tertiary/aromatic N) is 2. The van der Waals surface area contributed by atoms with E-state index in [1.54, 1.807) is 21.6 Å². The molecule has 7 heteroatoms. The Morgan fingerprint density at radius 3 is 1.10 bits per heavy atom. The Morgan fingerprint density at radius 2 is 0.862 bits per heavy atom. The van der Waals surface area contributed by atoms with E-state index >= 15 is 0 Å². The molecular formula is C22H32N2NiS4. The van der Waals surface area contributed by atoms with Crippen LogP contribution in [0.15, 0.2) is 58.3 Å². The van der Waals surface area contributed by atoms with Crippen molar-refractivity contribution in [3.05, 3.63) is 73.5 Å². The molecule has 0 bridgehead atoms. The molecule has 0 atom stereocenters. The van der Waals surface area contributed by atoms with Gasteiger partial charge in [-0.2, -0.15) is 49.2 Å². The van der Waals surface area contributed by atoms with Crippen LogP contribution in [-0.2, 0) is 16.5 Å². The number of hydrogen-bond acceptors (Lipinski definition) is 6. The van der Waals surface area contributed by atoms with Gasteiger partial charge < -0.3 is 0 Å². The van der Waals surface area contributed by atoms with Gasteiger partial charge in [-0.3, -0.25) is 0 Å². The zero-order valence-electron chi connectivity index (χ0n) is 17.7. The van der Waals surface area contributed by atoms with Crippen molar-refractivity contribution in [3.8, 4) is 0 Å². The zero-order valence-corrected chi connectivity index (χ0v) is 22.0. The van der Waals surface area contributed by atoms with Crippen LogP contribution < -0.4 is 0 Å². The molecule has 2 rings (SSSR count). The van der Waals surface area contributed by atoms with Gasteiger partial charge in [-0.1, -0.05) is 27.7 Å². The fourth-order valence-corrected chi connectivity index (χ4v) is 6.32. The molecular weight excluding hydrogens is 479 g/mol. The van der Waals surface area contributed by atoms with Crippen LogP contribution in [0.3, 0.4) is 0 Å². The van der Waals surface area contributed by atoms with Gasteiger partial charge in [0.1, 0.15) is 0 Å². The van der Waals surface area contributed by atoms with Gasteiger partial charge in [-0.15, -0.1) is 24.3 Å². The van der Waals surface area contributed by atoms with Crippen molar-refractivity contribution in [1.82, 2.24) is 8.61 Å². The molecule has 0 saturated carbocycles. The molecule has 164 valence electrons. The Balaban J connectivity index is 0.000000523. The molecule has 0 spiro atoms. The van der Waals surface area contributed by atoms with Crippen LogP contribution in [0.1, 0.15) is 38.8 Å². The van der Waals surface area contributed by atoms with E-state index in [1.165, 1.54) is 9.79 Å². The van der Waals surface area contributed by atoms with Crippen molar-refractivity contribution in [1.29, 1.82) is 0 Å². The minimum atomic E-state index is 0. The van der Waals surface area contributed by atoms with Gasteiger partial charge in [0.15, 0.2) is 0 Å². The van der Waals surface area contributed by atoms with Crippen LogP contribution in [0.2, 0.25) is 0 Å². The van der Waals surface area contributed by atoms with Crippen LogP contribution in [-0.4, -0.2) is 34.8 Å². The fourth-order valence-electron chi connectivity index (χ4n) is 1.94. The molecule has 0 radical (unpaired) electrons. The standard InChI is InChI=1S/2C11H16NS2.Ni/c2*1-4-12(5-2)14-13-11-8-6-10(3)7-9-11;/h2*6-9H,3-5H2,1-2H3;/q2*-1;+2. The predicted molar refractivity (Wildman–Crippen MR) is 135 cm³/mol. The first kappa shape index (κ1) is 29.0. The summed E-state index contributed by atoms with van der Waals surface area (Å²) in [5.74, 6) is 0. The molecule has 0 saturated heterocycles. The second kappa shape index (κ2) is 17.7. The minimum Gasteiger partial charge on any atom is -0.242 e. The van der Waals surface area contributed by atoms with E-state index in [1.807, 2.05) is 46.2 Å². The first-order chi connectivity index (χ1) is 13.5. The maximum absolute atomic E-state index is 3.86. The van der Waals surface area contributed by atoms with Crippen LogP contribution in [0.5, 0.6) is 0 Å². The summed E-state index contributed by atoms with van der Waals surface area (Å²) < 4.78 is 4.64. The molecule has 0 unspecified atom stereocenters. The summed E-state index contributed by atoms with van der Waals surface area (Å²) in [7, 11) is 7.22. The molecule has 0 aliphatic heterocycles. The summed E-state index contributed by atoms with van der Waals surface area (Å²) in [6, 6.07) is 16.6. The van der Waals surface area contributed by atoms with Crippen LogP contribution in [0.4, 0.5) is 0 Å². The van der Waals surface area contributed by atoms with E-state index in [-0.39, 0.29) is 16.5 Å². The van der Waals surface area contributed by atoms with Gasteiger partial charge in [0.05, 0.1) is 0 Å². The van der Waals surface area contributed by atoms with Crippen LogP contribution >= 0.6 is 43.5 Å². The number of rotatable bonds is 10. The van der Waals surface area contributed by atoms with Crippen LogP contribution in [0.25, 0.3) is 0 Å². The Kier molecular flexibility index (Phi) is 17.6. The molecule has 0 heterocycles. The van der Waals surface area contributed by atoms with Crippen molar-refractivity contribution in [2.75, 3.05) is 26.2 Å². The first-order valence-electron chi connectivity index (χ1n) is 9.55. The van der Waals surface area contributed by atoms with Crippen molar-refractivity contribution in [2.45, 2.75) is 37.5 Å². The van der Waals surface area contributed by atoms with Crippen molar-refractivity contribution >= 4 is 43.5 Å². The van der Waals surface area contributed by atoms with E-state index in [2.05, 4.69) is 74.4 Å². The molecule has 0 aliphatic carbocycles. The second-order valence-corrected chi connectivity index (χ2v) is 10.3. The third-order valence-corrected chi connectivity index (χ3v) is 9.13.